The number of halogens is 2. The van der Waals surface area contributed by atoms with Crippen LogP contribution in [0.25, 0.3) is 0 Å². The van der Waals surface area contributed by atoms with Crippen molar-refractivity contribution < 1.29 is 4.79 Å². The fourth-order valence-electron chi connectivity index (χ4n) is 1.45. The molecule has 2 N–H and O–H groups in total. The van der Waals surface area contributed by atoms with Gasteiger partial charge in [0.25, 0.3) is 5.91 Å². The second-order valence-electron chi connectivity index (χ2n) is 4.11. The highest BCUT2D eigenvalue weighted by Crippen LogP contribution is 2.22. The van der Waals surface area contributed by atoms with E-state index < -0.39 is 0 Å². The lowest BCUT2D eigenvalue weighted by Gasteiger charge is -2.21. The summed E-state index contributed by atoms with van der Waals surface area (Å²) >= 11 is 16.6. The Morgan fingerprint density at radius 1 is 1.50 bits per heavy atom. The SMILES string of the molecule is CC(CN(C)C(=O)c1ccc(Cl)cc1Cl)C(N)=S. The van der Waals surface area contributed by atoms with Crippen molar-refractivity contribution in [3.05, 3.63) is 33.8 Å². The lowest BCUT2D eigenvalue weighted by Crippen LogP contribution is -2.35. The van der Waals surface area contributed by atoms with Gasteiger partial charge in [0.15, 0.2) is 0 Å². The van der Waals surface area contributed by atoms with Gasteiger partial charge in [0.05, 0.1) is 15.6 Å². The first-order chi connectivity index (χ1) is 8.32. The molecular weight excluding hydrogens is 291 g/mol. The molecule has 0 aromatic heterocycles. The molecule has 1 atom stereocenters. The Bertz CT molecular complexity index is 479. The van der Waals surface area contributed by atoms with Crippen LogP contribution >= 0.6 is 35.4 Å². The highest BCUT2D eigenvalue weighted by molar-refractivity contribution is 7.80. The van der Waals surface area contributed by atoms with Gasteiger partial charge < -0.3 is 10.6 Å². The van der Waals surface area contributed by atoms with Crippen molar-refractivity contribution in [2.45, 2.75) is 6.92 Å². The zero-order valence-corrected chi connectivity index (χ0v) is 12.4. The van der Waals surface area contributed by atoms with Crippen LogP contribution in [0.1, 0.15) is 17.3 Å². The van der Waals surface area contributed by atoms with Crippen LogP contribution in [0.2, 0.25) is 10.0 Å². The van der Waals surface area contributed by atoms with Crippen molar-refractivity contribution in [1.82, 2.24) is 4.90 Å². The quantitative estimate of drug-likeness (QED) is 0.870. The predicted octanol–water partition coefficient (Wildman–Crippen LogP) is 2.99. The molecule has 0 saturated heterocycles. The summed E-state index contributed by atoms with van der Waals surface area (Å²) in [4.78, 5) is 14.1. The van der Waals surface area contributed by atoms with Gasteiger partial charge in [-0.15, -0.1) is 0 Å². The molecule has 1 aromatic rings. The Morgan fingerprint density at radius 2 is 2.11 bits per heavy atom. The number of carbonyl (C=O) groups is 1. The molecule has 6 heteroatoms. The molecule has 1 aromatic carbocycles. The Kier molecular flexibility index (Phi) is 5.38. The minimum atomic E-state index is -0.181. The summed E-state index contributed by atoms with van der Waals surface area (Å²) in [5.41, 5.74) is 5.94. The predicted molar refractivity (Wildman–Crippen MR) is 79.4 cm³/mol. The van der Waals surface area contributed by atoms with Crippen molar-refractivity contribution in [2.75, 3.05) is 13.6 Å². The fraction of sp³-hybridized carbons (Fsp3) is 0.333. The van der Waals surface area contributed by atoms with E-state index in [0.29, 0.717) is 27.1 Å². The van der Waals surface area contributed by atoms with E-state index in [4.69, 9.17) is 41.2 Å². The number of nitrogens with two attached hydrogens (primary N) is 1. The summed E-state index contributed by atoms with van der Waals surface area (Å²) in [5.74, 6) is -0.222. The highest BCUT2D eigenvalue weighted by atomic mass is 35.5. The first kappa shape index (κ1) is 15.2. The van der Waals surface area contributed by atoms with E-state index in [2.05, 4.69) is 0 Å². The van der Waals surface area contributed by atoms with Crippen molar-refractivity contribution >= 4 is 46.3 Å². The third kappa shape index (κ3) is 3.83. The lowest BCUT2D eigenvalue weighted by molar-refractivity contribution is 0.0787. The van der Waals surface area contributed by atoms with Crippen LogP contribution < -0.4 is 5.73 Å². The first-order valence-electron chi connectivity index (χ1n) is 5.32. The summed E-state index contributed by atoms with van der Waals surface area (Å²) in [7, 11) is 1.68. The lowest BCUT2D eigenvalue weighted by atomic mass is 10.1. The number of hydrogen-bond donors (Lipinski definition) is 1. The molecule has 0 saturated carbocycles. The summed E-state index contributed by atoms with van der Waals surface area (Å²) < 4.78 is 0. The number of rotatable bonds is 4. The number of thiocarbonyl (C=S) groups is 1. The van der Waals surface area contributed by atoms with Gasteiger partial charge in [-0.25, -0.2) is 0 Å². The fourth-order valence-corrected chi connectivity index (χ4v) is 2.02. The minimum Gasteiger partial charge on any atom is -0.393 e. The van der Waals surface area contributed by atoms with E-state index in [1.807, 2.05) is 6.92 Å². The molecule has 18 heavy (non-hydrogen) atoms. The Morgan fingerprint density at radius 3 is 2.61 bits per heavy atom. The molecule has 0 spiro atoms. The zero-order chi connectivity index (χ0) is 13.9. The van der Waals surface area contributed by atoms with Crippen LogP contribution in [0.3, 0.4) is 0 Å². The average molecular weight is 305 g/mol. The Labute approximate surface area is 122 Å². The third-order valence-corrected chi connectivity index (χ3v) is 3.49. The normalized spacial score (nSPS) is 12.0. The van der Waals surface area contributed by atoms with Crippen molar-refractivity contribution in [1.29, 1.82) is 0 Å². The molecule has 1 rings (SSSR count). The molecule has 0 aliphatic rings. The van der Waals surface area contributed by atoms with E-state index in [0.717, 1.165) is 0 Å². The zero-order valence-electron chi connectivity index (χ0n) is 10.1. The second kappa shape index (κ2) is 6.36. The van der Waals surface area contributed by atoms with Gasteiger partial charge in [-0.05, 0) is 18.2 Å². The standard InChI is InChI=1S/C12H14Cl2N2OS/c1-7(11(15)18)6-16(2)12(17)9-4-3-8(13)5-10(9)14/h3-5,7H,6H2,1-2H3,(H2,15,18). The summed E-state index contributed by atoms with van der Waals surface area (Å²) in [6.45, 7) is 2.32. The van der Waals surface area contributed by atoms with E-state index in [-0.39, 0.29) is 11.8 Å². The van der Waals surface area contributed by atoms with E-state index in [9.17, 15) is 4.79 Å². The maximum Gasteiger partial charge on any atom is 0.255 e. The average Bonchev–Trinajstić information content (AvgIpc) is 2.27. The van der Waals surface area contributed by atoms with Crippen LogP contribution in [0.15, 0.2) is 18.2 Å². The van der Waals surface area contributed by atoms with Crippen LogP contribution in [0.5, 0.6) is 0 Å². The van der Waals surface area contributed by atoms with Gasteiger partial charge in [-0.3, -0.25) is 4.79 Å². The van der Waals surface area contributed by atoms with Crippen LogP contribution in [0, 0.1) is 5.92 Å². The number of amides is 1. The number of benzene rings is 1. The van der Waals surface area contributed by atoms with E-state index in [1.54, 1.807) is 30.1 Å². The van der Waals surface area contributed by atoms with Gasteiger partial charge >= 0.3 is 0 Å². The molecule has 3 nitrogen and oxygen atoms in total. The largest absolute Gasteiger partial charge is 0.393 e. The van der Waals surface area contributed by atoms with Crippen LogP contribution in [-0.2, 0) is 0 Å². The first-order valence-corrected chi connectivity index (χ1v) is 6.49. The monoisotopic (exact) mass is 304 g/mol. The molecule has 0 heterocycles. The maximum absolute atomic E-state index is 12.1. The molecule has 0 aliphatic heterocycles. The highest BCUT2D eigenvalue weighted by Gasteiger charge is 2.18. The second-order valence-corrected chi connectivity index (χ2v) is 5.43. The molecule has 1 unspecified atom stereocenters. The molecule has 1 amide bonds. The van der Waals surface area contributed by atoms with E-state index >= 15 is 0 Å². The van der Waals surface area contributed by atoms with Gasteiger partial charge in [0.1, 0.15) is 0 Å². The maximum atomic E-state index is 12.1. The topological polar surface area (TPSA) is 46.3 Å². The minimum absolute atomic E-state index is 0.0416. The molecule has 0 radical (unpaired) electrons. The Hall–Kier alpha value is -0.840. The van der Waals surface area contributed by atoms with Crippen LogP contribution in [0.4, 0.5) is 0 Å². The van der Waals surface area contributed by atoms with Gasteiger partial charge in [0, 0.05) is 24.5 Å². The van der Waals surface area contributed by atoms with Gasteiger partial charge in [-0.2, -0.15) is 0 Å². The third-order valence-electron chi connectivity index (χ3n) is 2.54. The van der Waals surface area contributed by atoms with Crippen molar-refractivity contribution in [3.63, 3.8) is 0 Å². The molecule has 98 valence electrons. The van der Waals surface area contributed by atoms with Crippen LogP contribution in [-0.4, -0.2) is 29.4 Å². The number of nitrogens with zero attached hydrogens (tertiary/aromatic N) is 1. The van der Waals surface area contributed by atoms with Crippen molar-refractivity contribution in [2.24, 2.45) is 11.7 Å². The van der Waals surface area contributed by atoms with E-state index in [1.165, 1.54) is 0 Å². The number of hydrogen-bond acceptors (Lipinski definition) is 2. The molecule has 0 fully saturated rings. The van der Waals surface area contributed by atoms with Crippen molar-refractivity contribution in [3.8, 4) is 0 Å². The Balaban J connectivity index is 2.83. The molecule has 0 bridgehead atoms. The number of carbonyl (C=O) groups excluding carboxylic acids is 1. The summed E-state index contributed by atoms with van der Waals surface area (Å²) in [6.07, 6.45) is 0. The smallest absolute Gasteiger partial charge is 0.255 e. The van der Waals surface area contributed by atoms with Gasteiger partial charge in [-0.1, -0.05) is 42.3 Å². The van der Waals surface area contributed by atoms with Gasteiger partial charge in [0.2, 0.25) is 0 Å². The molecular formula is C12H14Cl2N2OS. The summed E-state index contributed by atoms with van der Waals surface area (Å²) in [5, 5.41) is 0.832. The molecule has 0 aliphatic carbocycles. The summed E-state index contributed by atoms with van der Waals surface area (Å²) in [6, 6.07) is 4.78.